The van der Waals surface area contributed by atoms with E-state index in [-0.39, 0.29) is 12.3 Å². The third kappa shape index (κ3) is 5.79. The molecule has 0 aromatic heterocycles. The monoisotopic (exact) mass is 489 g/mol. The maximum absolute atomic E-state index is 13.0. The third-order valence-corrected chi connectivity index (χ3v) is 5.85. The van der Waals surface area contributed by atoms with E-state index in [2.05, 4.69) is 37.2 Å². The fourth-order valence-corrected chi connectivity index (χ4v) is 4.92. The van der Waals surface area contributed by atoms with E-state index in [4.69, 9.17) is 4.74 Å². The Hall–Kier alpha value is -0.920. The zero-order valence-electron chi connectivity index (χ0n) is 14.9. The molecule has 0 aliphatic heterocycles. The van der Waals surface area contributed by atoms with Gasteiger partial charge in [-0.25, -0.2) is 4.79 Å². The molecule has 1 amide bonds. The second-order valence-corrected chi connectivity index (χ2v) is 8.61. The highest BCUT2D eigenvalue weighted by molar-refractivity contribution is 9.11. The van der Waals surface area contributed by atoms with Crippen LogP contribution in [0.3, 0.4) is 0 Å². The number of hydrogen-bond donors (Lipinski definition) is 2. The van der Waals surface area contributed by atoms with Crippen LogP contribution in [0, 0.1) is 5.41 Å². The van der Waals surface area contributed by atoms with Gasteiger partial charge in [-0.1, -0.05) is 44.7 Å². The van der Waals surface area contributed by atoms with Crippen LogP contribution in [0.1, 0.15) is 44.6 Å². The molecule has 1 aromatic rings. The second kappa shape index (κ2) is 9.85. The van der Waals surface area contributed by atoms with Crippen molar-refractivity contribution in [2.45, 2.75) is 51.5 Å². The van der Waals surface area contributed by atoms with Crippen molar-refractivity contribution in [2.24, 2.45) is 5.41 Å². The van der Waals surface area contributed by atoms with Gasteiger partial charge < -0.3 is 15.2 Å². The van der Waals surface area contributed by atoms with Crippen molar-refractivity contribution in [3.8, 4) is 0 Å². The van der Waals surface area contributed by atoms with E-state index in [1.54, 1.807) is 0 Å². The Balaban J connectivity index is 2.09. The van der Waals surface area contributed by atoms with E-state index in [9.17, 15) is 14.7 Å². The molecule has 0 bridgehead atoms. The highest BCUT2D eigenvalue weighted by Crippen LogP contribution is 2.41. The minimum Gasteiger partial charge on any atom is -0.480 e. The van der Waals surface area contributed by atoms with Gasteiger partial charge in [0, 0.05) is 28.6 Å². The van der Waals surface area contributed by atoms with E-state index in [0.29, 0.717) is 19.6 Å². The molecule has 5 nitrogen and oxygen atoms in total. The van der Waals surface area contributed by atoms with Crippen molar-refractivity contribution in [2.75, 3.05) is 13.2 Å². The van der Waals surface area contributed by atoms with E-state index < -0.39 is 17.4 Å². The molecular weight excluding hydrogens is 466 g/mol. The van der Waals surface area contributed by atoms with Crippen molar-refractivity contribution < 1.29 is 19.4 Å². The van der Waals surface area contributed by atoms with Crippen LogP contribution < -0.4 is 5.32 Å². The molecule has 144 valence electrons. The van der Waals surface area contributed by atoms with Crippen LogP contribution in [0.25, 0.3) is 0 Å². The van der Waals surface area contributed by atoms with Gasteiger partial charge in [-0.3, -0.25) is 4.79 Å². The second-order valence-electron chi connectivity index (χ2n) is 6.78. The number of hydrogen-bond acceptors (Lipinski definition) is 3. The third-order valence-electron chi connectivity index (χ3n) is 4.94. The highest BCUT2D eigenvalue weighted by atomic mass is 79.9. The molecule has 1 aliphatic rings. The molecule has 2 rings (SSSR count). The van der Waals surface area contributed by atoms with Gasteiger partial charge in [0.2, 0.25) is 5.91 Å². The van der Waals surface area contributed by atoms with E-state index in [1.807, 2.05) is 25.1 Å². The molecular formula is C19H25Br2NO4. The minimum atomic E-state index is -1.02. The molecule has 0 saturated heterocycles. The van der Waals surface area contributed by atoms with Gasteiger partial charge in [-0.05, 0) is 49.9 Å². The first kappa shape index (κ1) is 21.4. The number of halogens is 2. The summed E-state index contributed by atoms with van der Waals surface area (Å²) in [4.78, 5) is 24.7. The number of carboxylic acids is 1. The summed E-state index contributed by atoms with van der Waals surface area (Å²) in [7, 11) is 0. The average molecular weight is 491 g/mol. The molecule has 0 spiro atoms. The molecule has 1 aromatic carbocycles. The van der Waals surface area contributed by atoms with E-state index in [1.165, 1.54) is 0 Å². The molecule has 2 N–H and O–H groups in total. The molecule has 1 atom stereocenters. The lowest BCUT2D eigenvalue weighted by atomic mass is 9.81. The van der Waals surface area contributed by atoms with Crippen molar-refractivity contribution in [1.29, 1.82) is 0 Å². The lowest BCUT2D eigenvalue weighted by molar-refractivity contribution is -0.144. The Morgan fingerprint density at radius 3 is 2.38 bits per heavy atom. The Labute approximate surface area is 171 Å². The largest absolute Gasteiger partial charge is 0.480 e. The number of carbonyl (C=O) groups excluding carboxylic acids is 1. The van der Waals surface area contributed by atoms with E-state index >= 15 is 0 Å². The predicted octanol–water partition coefficient (Wildman–Crippen LogP) is 4.31. The number of ether oxygens (including phenoxy) is 1. The smallest absolute Gasteiger partial charge is 0.326 e. The van der Waals surface area contributed by atoms with Crippen LogP contribution in [0.2, 0.25) is 0 Å². The van der Waals surface area contributed by atoms with Crippen molar-refractivity contribution in [3.05, 3.63) is 32.7 Å². The zero-order valence-corrected chi connectivity index (χ0v) is 18.1. The Kier molecular flexibility index (Phi) is 8.10. The first-order chi connectivity index (χ1) is 12.4. The Morgan fingerprint density at radius 2 is 1.85 bits per heavy atom. The number of carboxylic acid groups (broad SMARTS) is 1. The molecule has 1 fully saturated rings. The quantitative estimate of drug-likeness (QED) is 0.505. The number of amides is 1. The number of rotatable bonds is 9. The zero-order chi connectivity index (χ0) is 19.2. The van der Waals surface area contributed by atoms with E-state index in [0.717, 1.165) is 40.2 Å². The van der Waals surface area contributed by atoms with Gasteiger partial charge in [-0.15, -0.1) is 0 Å². The summed E-state index contributed by atoms with van der Waals surface area (Å²) < 4.78 is 7.16. The molecule has 1 aliphatic carbocycles. The lowest BCUT2D eigenvalue weighted by Crippen LogP contribution is -2.49. The molecule has 7 heteroatoms. The van der Waals surface area contributed by atoms with Crippen LogP contribution in [0.15, 0.2) is 27.1 Å². The number of nitrogens with one attached hydrogen (secondary N) is 1. The summed E-state index contributed by atoms with van der Waals surface area (Å²) in [6.07, 6.45) is 4.45. The summed E-state index contributed by atoms with van der Waals surface area (Å²) in [5.41, 5.74) is 0.342. The van der Waals surface area contributed by atoms with Crippen LogP contribution in [-0.2, 0) is 20.7 Å². The van der Waals surface area contributed by atoms with Gasteiger partial charge in [-0.2, -0.15) is 0 Å². The summed E-state index contributed by atoms with van der Waals surface area (Å²) in [6, 6.07) is 4.67. The fourth-order valence-electron chi connectivity index (χ4n) is 3.53. The maximum atomic E-state index is 13.0. The van der Waals surface area contributed by atoms with Crippen molar-refractivity contribution >= 4 is 43.7 Å². The molecule has 1 saturated carbocycles. The van der Waals surface area contributed by atoms with Crippen LogP contribution in [0.4, 0.5) is 0 Å². The van der Waals surface area contributed by atoms with Gasteiger partial charge in [0.15, 0.2) is 0 Å². The first-order valence-electron chi connectivity index (χ1n) is 8.93. The summed E-state index contributed by atoms with van der Waals surface area (Å²) in [6.45, 7) is 3.07. The van der Waals surface area contributed by atoms with Crippen molar-refractivity contribution in [1.82, 2.24) is 5.32 Å². The normalized spacial score (nSPS) is 17.0. The number of carbonyl (C=O) groups is 2. The van der Waals surface area contributed by atoms with Gasteiger partial charge in [0.05, 0.1) is 5.41 Å². The van der Waals surface area contributed by atoms with Crippen LogP contribution in [-0.4, -0.2) is 36.2 Å². The Morgan fingerprint density at radius 1 is 1.23 bits per heavy atom. The topological polar surface area (TPSA) is 75.6 Å². The average Bonchev–Trinajstić information content (AvgIpc) is 3.03. The van der Waals surface area contributed by atoms with Crippen LogP contribution in [0.5, 0.6) is 0 Å². The molecule has 0 radical (unpaired) electrons. The van der Waals surface area contributed by atoms with Gasteiger partial charge in [0.25, 0.3) is 0 Å². The fraction of sp³-hybridized carbons (Fsp3) is 0.579. The number of aliphatic carboxylic acids is 1. The van der Waals surface area contributed by atoms with Gasteiger partial charge >= 0.3 is 5.97 Å². The standard InChI is InChI=1S/C19H25Br2NO4/c1-2-26-8-7-19(5-3-4-6-19)18(25)22-16(17(23)24)11-13-9-14(20)12-15(21)10-13/h9-10,12,16H,2-8,11H2,1H3,(H,22,25)(H,23,24). The molecule has 26 heavy (non-hydrogen) atoms. The number of benzene rings is 1. The lowest BCUT2D eigenvalue weighted by Gasteiger charge is -2.29. The molecule has 0 heterocycles. The maximum Gasteiger partial charge on any atom is 0.326 e. The predicted molar refractivity (Wildman–Crippen MR) is 107 cm³/mol. The SMILES string of the molecule is CCOCCC1(C(=O)NC(Cc2cc(Br)cc(Br)c2)C(=O)O)CCCC1. The highest BCUT2D eigenvalue weighted by Gasteiger charge is 2.42. The first-order valence-corrected chi connectivity index (χ1v) is 10.5. The summed E-state index contributed by atoms with van der Waals surface area (Å²) in [5, 5.41) is 12.4. The summed E-state index contributed by atoms with van der Waals surface area (Å²) >= 11 is 6.82. The summed E-state index contributed by atoms with van der Waals surface area (Å²) in [5.74, 6) is -1.18. The van der Waals surface area contributed by atoms with Crippen LogP contribution >= 0.6 is 31.9 Å². The molecule has 1 unspecified atom stereocenters. The van der Waals surface area contributed by atoms with Crippen molar-refractivity contribution in [3.63, 3.8) is 0 Å². The van der Waals surface area contributed by atoms with Gasteiger partial charge in [0.1, 0.15) is 6.04 Å². The Bertz CT molecular complexity index is 624. The minimum absolute atomic E-state index is 0.156.